The molecule has 0 N–H and O–H groups in total. The van der Waals surface area contributed by atoms with Crippen LogP contribution in [0.3, 0.4) is 0 Å². The zero-order valence-corrected chi connectivity index (χ0v) is 28.0. The van der Waals surface area contributed by atoms with Crippen molar-refractivity contribution < 1.29 is 24.0 Å². The molecule has 2 saturated heterocycles. The molecule has 7 nitrogen and oxygen atoms in total. The lowest BCUT2D eigenvalue weighted by Crippen LogP contribution is -2.39. The Bertz CT molecular complexity index is 1580. The van der Waals surface area contributed by atoms with Crippen molar-refractivity contribution in [3.8, 4) is 0 Å². The van der Waals surface area contributed by atoms with Gasteiger partial charge in [-0.1, -0.05) is 121 Å². The third-order valence-corrected chi connectivity index (χ3v) is 14.1. The first-order chi connectivity index (χ1) is 23.0. The van der Waals surface area contributed by atoms with E-state index in [1.807, 2.05) is 24.3 Å². The fourth-order valence-electron chi connectivity index (χ4n) is 6.42. The lowest BCUT2D eigenvalue weighted by atomic mass is 10.2. The van der Waals surface area contributed by atoms with E-state index in [1.165, 1.54) is 21.2 Å². The summed E-state index contributed by atoms with van der Waals surface area (Å²) in [5, 5.41) is 5.73. The summed E-state index contributed by atoms with van der Waals surface area (Å²) < 4.78 is 0. The van der Waals surface area contributed by atoms with Crippen molar-refractivity contribution in [1.29, 1.82) is 0 Å². The molecule has 0 unspecified atom stereocenters. The Hall–Kier alpha value is -4.18. The van der Waals surface area contributed by atoms with Crippen LogP contribution in [0.15, 0.2) is 121 Å². The van der Waals surface area contributed by atoms with Crippen LogP contribution in [0.1, 0.15) is 38.5 Å². The van der Waals surface area contributed by atoms with E-state index in [0.717, 1.165) is 12.6 Å². The SMILES string of the molecule is O=C(CCCC(=O)N1C[C@@H](P(c2ccccc2)c2ccccc2)C[C@H]1CP(c1ccccc1)c1ccccc1)ON1C(=O)CCC1=O. The minimum Gasteiger partial charge on any atom is -0.339 e. The summed E-state index contributed by atoms with van der Waals surface area (Å²) in [4.78, 5) is 57.4. The number of hydrogen-bond acceptors (Lipinski definition) is 5. The van der Waals surface area contributed by atoms with Crippen LogP contribution in [0.25, 0.3) is 0 Å². The van der Waals surface area contributed by atoms with Gasteiger partial charge in [0.2, 0.25) is 5.91 Å². The number of imide groups is 1. The van der Waals surface area contributed by atoms with Crippen molar-refractivity contribution in [3.63, 3.8) is 0 Å². The van der Waals surface area contributed by atoms with Crippen molar-refractivity contribution in [2.75, 3.05) is 12.7 Å². The molecule has 0 radical (unpaired) electrons. The molecular weight excluding hydrogens is 626 g/mol. The van der Waals surface area contributed by atoms with E-state index in [9.17, 15) is 19.2 Å². The molecule has 3 amide bonds. The number of carbonyl (C=O) groups excluding carboxylic acids is 4. The van der Waals surface area contributed by atoms with Crippen LogP contribution in [-0.4, -0.2) is 58.1 Å². The lowest BCUT2D eigenvalue weighted by molar-refractivity contribution is -0.197. The average molecular weight is 665 g/mol. The first-order valence-corrected chi connectivity index (χ1v) is 19.0. The highest BCUT2D eigenvalue weighted by molar-refractivity contribution is 7.74. The van der Waals surface area contributed by atoms with Crippen molar-refractivity contribution in [1.82, 2.24) is 9.96 Å². The second kappa shape index (κ2) is 15.6. The van der Waals surface area contributed by atoms with E-state index < -0.39 is 33.6 Å². The smallest absolute Gasteiger partial charge is 0.333 e. The highest BCUT2D eigenvalue weighted by Gasteiger charge is 2.41. The number of rotatable bonds is 12. The molecule has 2 atom stereocenters. The summed E-state index contributed by atoms with van der Waals surface area (Å²) in [6, 6.07) is 42.5. The van der Waals surface area contributed by atoms with Gasteiger partial charge in [-0.25, -0.2) is 4.79 Å². The molecule has 2 aliphatic heterocycles. The summed E-state index contributed by atoms with van der Waals surface area (Å²) >= 11 is 0. The van der Waals surface area contributed by atoms with Crippen molar-refractivity contribution in [3.05, 3.63) is 121 Å². The van der Waals surface area contributed by atoms with E-state index in [1.54, 1.807) is 0 Å². The molecule has 0 aromatic heterocycles. The molecule has 240 valence electrons. The summed E-state index contributed by atoms with van der Waals surface area (Å²) in [6.07, 6.45) is 2.24. The third-order valence-electron chi connectivity index (χ3n) is 8.65. The number of likely N-dealkylation sites (tertiary alicyclic amines) is 1. The summed E-state index contributed by atoms with van der Waals surface area (Å²) in [6.45, 7) is 0.646. The standard InChI is InChI=1S/C38H38N2O5P2/c41-35(22-13-23-38(44)45-40-36(42)24-25-37(40)43)39-27-34(47(32-18-9-3-10-19-32)33-20-11-4-12-21-33)26-29(39)28-46(30-14-5-1-6-15-30)31-16-7-2-8-17-31/h1-12,14-21,29,34H,13,22-28H2/t29-,34-/m0/s1. The molecule has 0 bridgehead atoms. The van der Waals surface area contributed by atoms with Gasteiger partial charge < -0.3 is 9.74 Å². The van der Waals surface area contributed by atoms with Crippen LogP contribution in [0.5, 0.6) is 0 Å². The largest absolute Gasteiger partial charge is 0.339 e. The zero-order chi connectivity index (χ0) is 32.6. The normalized spacial score (nSPS) is 17.9. The van der Waals surface area contributed by atoms with Crippen LogP contribution >= 0.6 is 15.8 Å². The fraction of sp³-hybridized carbons (Fsp3) is 0.263. The fourth-order valence-corrected chi connectivity index (χ4v) is 11.9. The Morgan fingerprint density at radius 3 is 1.62 bits per heavy atom. The van der Waals surface area contributed by atoms with Gasteiger partial charge in [-0.05, 0) is 56.1 Å². The summed E-state index contributed by atoms with van der Waals surface area (Å²) in [7, 11) is -1.46. The molecule has 4 aromatic carbocycles. The first-order valence-electron chi connectivity index (χ1n) is 16.1. The third kappa shape index (κ3) is 8.04. The maximum atomic E-state index is 14.1. The Balaban J connectivity index is 1.24. The maximum absolute atomic E-state index is 14.1. The molecule has 47 heavy (non-hydrogen) atoms. The van der Waals surface area contributed by atoms with E-state index in [4.69, 9.17) is 4.84 Å². The van der Waals surface area contributed by atoms with Crippen LogP contribution in [-0.2, 0) is 24.0 Å². The Labute approximate surface area is 278 Å². The van der Waals surface area contributed by atoms with Gasteiger partial charge in [0, 0.05) is 43.9 Å². The number of hydroxylamine groups is 2. The van der Waals surface area contributed by atoms with Gasteiger partial charge in [-0.15, -0.1) is 5.06 Å². The Morgan fingerprint density at radius 1 is 0.660 bits per heavy atom. The van der Waals surface area contributed by atoms with Crippen molar-refractivity contribution in [2.24, 2.45) is 0 Å². The Morgan fingerprint density at radius 2 is 1.13 bits per heavy atom. The van der Waals surface area contributed by atoms with E-state index in [0.29, 0.717) is 11.6 Å². The van der Waals surface area contributed by atoms with E-state index in [2.05, 4.69) is 102 Å². The molecule has 2 heterocycles. The molecule has 2 fully saturated rings. The molecule has 6 rings (SSSR count). The highest BCUT2D eigenvalue weighted by atomic mass is 31.1. The first kappa shape index (κ1) is 32.7. The second-order valence-corrected chi connectivity index (χ2v) is 16.6. The predicted molar refractivity (Wildman–Crippen MR) is 188 cm³/mol. The molecule has 0 saturated carbocycles. The molecular formula is C38H38N2O5P2. The number of benzene rings is 4. The van der Waals surface area contributed by atoms with E-state index in [-0.39, 0.29) is 49.7 Å². The second-order valence-electron chi connectivity index (χ2n) is 11.8. The molecule has 0 spiro atoms. The molecule has 9 heteroatoms. The van der Waals surface area contributed by atoms with Crippen molar-refractivity contribution in [2.45, 2.75) is 50.2 Å². The number of carbonyl (C=O) groups is 4. The van der Waals surface area contributed by atoms with Gasteiger partial charge in [0.25, 0.3) is 11.8 Å². The van der Waals surface area contributed by atoms with Crippen LogP contribution < -0.4 is 21.2 Å². The zero-order valence-electron chi connectivity index (χ0n) is 26.2. The lowest BCUT2D eigenvalue weighted by Gasteiger charge is -2.29. The topological polar surface area (TPSA) is 84.0 Å². The Kier molecular flexibility index (Phi) is 10.9. The van der Waals surface area contributed by atoms with Gasteiger partial charge in [-0.3, -0.25) is 14.4 Å². The summed E-state index contributed by atoms with van der Waals surface area (Å²) in [5.41, 5.74) is 0.268. The van der Waals surface area contributed by atoms with E-state index >= 15 is 0 Å². The number of amides is 3. The molecule has 2 aliphatic rings. The monoisotopic (exact) mass is 664 g/mol. The molecule has 0 aliphatic carbocycles. The molecule has 4 aromatic rings. The summed E-state index contributed by atoms with van der Waals surface area (Å²) in [5.74, 6) is -1.67. The van der Waals surface area contributed by atoms with Crippen LogP contribution in [0.4, 0.5) is 0 Å². The number of nitrogens with zero attached hydrogens (tertiary/aromatic N) is 2. The van der Waals surface area contributed by atoms with Gasteiger partial charge in [-0.2, -0.15) is 0 Å². The number of hydrogen-bond donors (Lipinski definition) is 0. The van der Waals surface area contributed by atoms with Crippen LogP contribution in [0.2, 0.25) is 0 Å². The van der Waals surface area contributed by atoms with Gasteiger partial charge in [0.15, 0.2) is 0 Å². The highest BCUT2D eigenvalue weighted by Crippen LogP contribution is 2.48. The van der Waals surface area contributed by atoms with Gasteiger partial charge >= 0.3 is 5.97 Å². The van der Waals surface area contributed by atoms with Crippen molar-refractivity contribution >= 4 is 60.8 Å². The quantitative estimate of drug-likeness (QED) is 0.157. The van der Waals surface area contributed by atoms with Crippen LogP contribution in [0, 0.1) is 0 Å². The minimum absolute atomic E-state index is 0.0192. The average Bonchev–Trinajstić information content (AvgIpc) is 3.67. The minimum atomic E-state index is -0.734. The van der Waals surface area contributed by atoms with Gasteiger partial charge in [0.05, 0.1) is 0 Å². The van der Waals surface area contributed by atoms with Gasteiger partial charge in [0.1, 0.15) is 0 Å². The maximum Gasteiger partial charge on any atom is 0.333 e. The predicted octanol–water partition coefficient (Wildman–Crippen LogP) is 5.00.